The van der Waals surface area contributed by atoms with Crippen molar-refractivity contribution >= 4 is 17.9 Å². The third kappa shape index (κ3) is 12.4. The van der Waals surface area contributed by atoms with E-state index in [9.17, 15) is 14.4 Å². The van der Waals surface area contributed by atoms with Crippen LogP contribution in [0.3, 0.4) is 0 Å². The number of carbonyl (C=O) groups excluding carboxylic acids is 3. The molecule has 0 N–H and O–H groups in total. The summed E-state index contributed by atoms with van der Waals surface area (Å²) in [6.45, 7) is 29.4. The lowest BCUT2D eigenvalue weighted by atomic mass is 9.77. The van der Waals surface area contributed by atoms with Crippen molar-refractivity contribution < 1.29 is 28.6 Å². The van der Waals surface area contributed by atoms with E-state index in [1.165, 1.54) is 0 Å². The van der Waals surface area contributed by atoms with Crippen LogP contribution in [0.2, 0.25) is 0 Å². The number of piperidine rings is 3. The summed E-state index contributed by atoms with van der Waals surface area (Å²) in [5, 5.41) is 0. The van der Waals surface area contributed by atoms with Gasteiger partial charge in [-0.25, -0.2) is 0 Å². The summed E-state index contributed by atoms with van der Waals surface area (Å²) in [6.07, 6.45) is 6.08. The normalized spacial score (nSPS) is 24.5. The molecule has 0 aliphatic carbocycles. The van der Waals surface area contributed by atoms with Crippen LogP contribution < -0.4 is 0 Å². The largest absolute Gasteiger partial charge is 0.464 e. The van der Waals surface area contributed by atoms with Gasteiger partial charge in [0.2, 0.25) is 0 Å². The Morgan fingerprint density at radius 2 is 0.667 bits per heavy atom. The van der Waals surface area contributed by atoms with Crippen LogP contribution in [0.4, 0.5) is 0 Å². The Bertz CT molecular complexity index is 1180. The first-order chi connectivity index (χ1) is 25.8. The lowest BCUT2D eigenvalue weighted by Crippen LogP contribution is -2.62. The minimum atomic E-state index is -0.900. The van der Waals surface area contributed by atoms with Gasteiger partial charge in [0.1, 0.15) is 19.8 Å². The predicted molar refractivity (Wildman–Crippen MR) is 230 cm³/mol. The molecule has 0 saturated carbocycles. The van der Waals surface area contributed by atoms with Crippen molar-refractivity contribution in [2.24, 2.45) is 5.41 Å². The molecular formula is C45H86N6O6. The molecule has 3 fully saturated rings. The van der Waals surface area contributed by atoms with Gasteiger partial charge in [0.25, 0.3) is 0 Å². The van der Waals surface area contributed by atoms with Crippen LogP contribution in [-0.4, -0.2) is 180 Å². The third-order valence-electron chi connectivity index (χ3n) is 15.2. The Kier molecular flexibility index (Phi) is 15.7. The molecule has 3 saturated heterocycles. The molecule has 0 atom stereocenters. The van der Waals surface area contributed by atoms with Crippen molar-refractivity contribution in [2.45, 2.75) is 186 Å². The smallest absolute Gasteiger partial charge is 0.320 e. The van der Waals surface area contributed by atoms with Gasteiger partial charge in [-0.3, -0.25) is 43.8 Å². The average molecular weight is 807 g/mol. The zero-order valence-corrected chi connectivity index (χ0v) is 40.1. The topological polar surface area (TPSA) is 98.3 Å². The Hall–Kier alpha value is -1.83. The van der Waals surface area contributed by atoms with Crippen LogP contribution in [0, 0.1) is 5.41 Å². The standard InChI is InChI=1S/C45H86N6O6/c1-20-45(30-55-36(52)27-46(14)33-21-39(2,3)49(17)40(4,5)22-33,31-56-37(53)28-47(15)34-23-41(6,7)50(18)42(8,9)24-34)32-57-38(54)29-48(16)35-25-43(10,11)51(19)44(12,13)26-35/h33-35H,20-32H2,1-19H3. The summed E-state index contributed by atoms with van der Waals surface area (Å²) in [5.41, 5.74) is -0.999. The Morgan fingerprint density at radius 1 is 0.474 bits per heavy atom. The van der Waals surface area contributed by atoms with E-state index in [1.807, 2.05) is 28.1 Å². The Morgan fingerprint density at radius 3 is 0.842 bits per heavy atom. The Balaban J connectivity index is 1.71. The molecule has 3 aliphatic heterocycles. The fourth-order valence-electron chi connectivity index (χ4n) is 10.2. The van der Waals surface area contributed by atoms with Crippen LogP contribution in [0.5, 0.6) is 0 Å². The summed E-state index contributed by atoms with van der Waals surface area (Å²) in [6, 6.07) is 0.644. The van der Waals surface area contributed by atoms with Crippen LogP contribution in [0.25, 0.3) is 0 Å². The second kappa shape index (κ2) is 18.0. The lowest BCUT2D eigenvalue weighted by molar-refractivity contribution is -0.165. The number of ether oxygens (including phenoxy) is 3. The highest BCUT2D eigenvalue weighted by Gasteiger charge is 2.47. The Labute approximate surface area is 348 Å². The van der Waals surface area contributed by atoms with Gasteiger partial charge >= 0.3 is 17.9 Å². The second-order valence-electron chi connectivity index (χ2n) is 22.3. The number of likely N-dealkylation sites (N-methyl/N-ethyl adjacent to an activating group) is 3. The number of esters is 3. The molecule has 0 aromatic rings. The van der Waals surface area contributed by atoms with E-state index in [0.717, 1.165) is 38.5 Å². The molecule has 0 aromatic carbocycles. The summed E-state index contributed by atoms with van der Waals surface area (Å²) in [4.78, 5) is 54.1. The molecule has 3 aliphatic rings. The van der Waals surface area contributed by atoms with E-state index in [-0.39, 0.29) is 109 Å². The van der Waals surface area contributed by atoms with Gasteiger partial charge in [-0.05, 0) is 170 Å². The van der Waals surface area contributed by atoms with Crippen LogP contribution in [0.1, 0.15) is 135 Å². The van der Waals surface area contributed by atoms with Crippen molar-refractivity contribution in [3.8, 4) is 0 Å². The van der Waals surface area contributed by atoms with Gasteiger partial charge in [0.15, 0.2) is 0 Å². The van der Waals surface area contributed by atoms with Crippen LogP contribution in [-0.2, 0) is 28.6 Å². The lowest BCUT2D eigenvalue weighted by Gasteiger charge is -2.55. The minimum Gasteiger partial charge on any atom is -0.464 e. The zero-order chi connectivity index (χ0) is 43.7. The monoisotopic (exact) mass is 807 g/mol. The van der Waals surface area contributed by atoms with Crippen LogP contribution >= 0.6 is 0 Å². The number of carbonyl (C=O) groups is 3. The van der Waals surface area contributed by atoms with Gasteiger partial charge in [0, 0.05) is 51.4 Å². The molecule has 57 heavy (non-hydrogen) atoms. The maximum absolute atomic E-state index is 13.5. The fraction of sp³-hybridized carbons (Fsp3) is 0.933. The van der Waals surface area contributed by atoms with Crippen molar-refractivity contribution in [3.05, 3.63) is 0 Å². The maximum atomic E-state index is 13.5. The summed E-state index contributed by atoms with van der Waals surface area (Å²) in [7, 11) is 12.5. The van der Waals surface area contributed by atoms with Gasteiger partial charge in [-0.2, -0.15) is 0 Å². The van der Waals surface area contributed by atoms with Crippen LogP contribution in [0.15, 0.2) is 0 Å². The first-order valence-corrected chi connectivity index (χ1v) is 21.6. The van der Waals surface area contributed by atoms with E-state index in [4.69, 9.17) is 14.2 Å². The highest BCUT2D eigenvalue weighted by molar-refractivity contribution is 5.73. The van der Waals surface area contributed by atoms with Crippen molar-refractivity contribution in [3.63, 3.8) is 0 Å². The molecule has 0 amide bonds. The predicted octanol–water partition coefficient (Wildman–Crippen LogP) is 5.76. The molecule has 0 aromatic heterocycles. The quantitative estimate of drug-likeness (QED) is 0.140. The molecular weight excluding hydrogens is 721 g/mol. The van der Waals surface area contributed by atoms with E-state index < -0.39 is 5.41 Å². The molecule has 3 heterocycles. The zero-order valence-electron chi connectivity index (χ0n) is 40.1. The van der Waals surface area contributed by atoms with Crippen molar-refractivity contribution in [1.82, 2.24) is 29.4 Å². The number of likely N-dealkylation sites (tertiary alicyclic amines) is 3. The van der Waals surface area contributed by atoms with Gasteiger partial charge < -0.3 is 14.2 Å². The second-order valence-corrected chi connectivity index (χ2v) is 22.3. The molecule has 3 rings (SSSR count). The molecule has 0 unspecified atom stereocenters. The number of hydrogen-bond acceptors (Lipinski definition) is 12. The molecule has 12 heteroatoms. The molecule has 0 spiro atoms. The van der Waals surface area contributed by atoms with Gasteiger partial charge in [-0.1, -0.05) is 6.92 Å². The molecule has 0 radical (unpaired) electrons. The van der Waals surface area contributed by atoms with Crippen molar-refractivity contribution in [1.29, 1.82) is 0 Å². The van der Waals surface area contributed by atoms with E-state index >= 15 is 0 Å². The number of hydrogen-bond donors (Lipinski definition) is 0. The SMILES string of the molecule is CCC(COC(=O)CN(C)C1CC(C)(C)N(C)C(C)(C)C1)(COC(=O)CN(C)C1CC(C)(C)N(C)C(C)(C)C1)COC(=O)CN(C)C1CC(C)(C)N(C)C(C)(C)C1. The number of rotatable bonds is 16. The minimum absolute atomic E-state index is 0.0165. The highest BCUT2D eigenvalue weighted by Crippen LogP contribution is 2.41. The summed E-state index contributed by atoms with van der Waals surface area (Å²) in [5.74, 6) is -1.04. The first kappa shape index (κ1) is 49.5. The third-order valence-corrected chi connectivity index (χ3v) is 15.2. The highest BCUT2D eigenvalue weighted by atomic mass is 16.6. The summed E-state index contributed by atoms with van der Waals surface area (Å²) >= 11 is 0. The van der Waals surface area contributed by atoms with E-state index in [0.29, 0.717) is 6.42 Å². The van der Waals surface area contributed by atoms with Gasteiger partial charge in [-0.15, -0.1) is 0 Å². The molecule has 0 bridgehead atoms. The van der Waals surface area contributed by atoms with E-state index in [1.54, 1.807) is 0 Å². The number of nitrogens with zero attached hydrogens (tertiary/aromatic N) is 6. The summed E-state index contributed by atoms with van der Waals surface area (Å²) < 4.78 is 18.0. The van der Waals surface area contributed by atoms with E-state index in [2.05, 4.69) is 134 Å². The molecule has 12 nitrogen and oxygen atoms in total. The maximum Gasteiger partial charge on any atom is 0.320 e. The fourth-order valence-corrected chi connectivity index (χ4v) is 10.2. The average Bonchev–Trinajstić information content (AvgIpc) is 3.07. The van der Waals surface area contributed by atoms with Gasteiger partial charge in [0.05, 0.1) is 25.0 Å². The first-order valence-electron chi connectivity index (χ1n) is 21.6. The molecule has 332 valence electrons. The van der Waals surface area contributed by atoms with Crippen molar-refractivity contribution in [2.75, 3.05) is 81.7 Å².